The lowest BCUT2D eigenvalue weighted by Gasteiger charge is -2.31. The van der Waals surface area contributed by atoms with Crippen molar-refractivity contribution >= 4 is 11.7 Å². The third-order valence-electron chi connectivity index (χ3n) is 5.69. The Morgan fingerprint density at radius 3 is 2.23 bits per heavy atom. The molecular formula is C24H29FN2O3. The van der Waals surface area contributed by atoms with Crippen LogP contribution in [0.25, 0.3) is 0 Å². The summed E-state index contributed by atoms with van der Waals surface area (Å²) in [7, 11) is 0. The number of nitrogens with one attached hydrogen (secondary N) is 1. The maximum absolute atomic E-state index is 13.2. The molecule has 0 spiro atoms. The standard InChI is InChI=1S/C24H29FN2O3/c1-16(2)23(17-3-7-20(25)8-4-17)26-22(29)15-27-13-11-19(12-14-27)24(30)18-5-9-21(28)10-6-18/h3-10,16,19,23,28H,11-15H2,1-2H3,(H,26,29). The van der Waals surface area contributed by atoms with E-state index < -0.39 is 0 Å². The number of piperidine rings is 1. The molecule has 0 aliphatic carbocycles. The van der Waals surface area contributed by atoms with Gasteiger partial charge in [-0.15, -0.1) is 0 Å². The Bertz CT molecular complexity index is 857. The predicted molar refractivity (Wildman–Crippen MR) is 114 cm³/mol. The number of benzene rings is 2. The van der Waals surface area contributed by atoms with Gasteiger partial charge in [0.2, 0.25) is 5.91 Å². The van der Waals surface area contributed by atoms with Crippen molar-refractivity contribution in [2.24, 2.45) is 11.8 Å². The van der Waals surface area contributed by atoms with E-state index in [1.165, 1.54) is 24.3 Å². The predicted octanol–water partition coefficient (Wildman–Crippen LogP) is 3.94. The van der Waals surface area contributed by atoms with Crippen LogP contribution in [0.5, 0.6) is 5.75 Å². The van der Waals surface area contributed by atoms with Crippen molar-refractivity contribution < 1.29 is 19.1 Å². The summed E-state index contributed by atoms with van der Waals surface area (Å²) in [5, 5.41) is 12.4. The molecule has 1 atom stereocenters. The molecule has 0 saturated carbocycles. The summed E-state index contributed by atoms with van der Waals surface area (Å²) < 4.78 is 13.2. The monoisotopic (exact) mass is 412 g/mol. The lowest BCUT2D eigenvalue weighted by molar-refractivity contribution is -0.123. The molecule has 2 N–H and O–H groups in total. The Morgan fingerprint density at radius 2 is 1.67 bits per heavy atom. The van der Waals surface area contributed by atoms with Crippen molar-refractivity contribution in [3.8, 4) is 5.75 Å². The fourth-order valence-corrected chi connectivity index (χ4v) is 3.94. The van der Waals surface area contributed by atoms with Gasteiger partial charge in [0, 0.05) is 11.5 Å². The minimum atomic E-state index is -0.294. The van der Waals surface area contributed by atoms with E-state index in [2.05, 4.69) is 10.2 Å². The molecule has 1 saturated heterocycles. The average Bonchev–Trinajstić information content (AvgIpc) is 2.73. The van der Waals surface area contributed by atoms with Gasteiger partial charge in [0.15, 0.2) is 5.78 Å². The quantitative estimate of drug-likeness (QED) is 0.676. The van der Waals surface area contributed by atoms with Crippen LogP contribution in [0.4, 0.5) is 4.39 Å². The van der Waals surface area contributed by atoms with Gasteiger partial charge in [-0.05, 0) is 73.8 Å². The smallest absolute Gasteiger partial charge is 0.234 e. The summed E-state index contributed by atoms with van der Waals surface area (Å²) in [5.41, 5.74) is 1.50. The number of likely N-dealkylation sites (tertiary alicyclic amines) is 1. The summed E-state index contributed by atoms with van der Waals surface area (Å²) in [6.45, 7) is 5.70. The molecule has 160 valence electrons. The zero-order valence-corrected chi connectivity index (χ0v) is 17.5. The van der Waals surface area contributed by atoms with E-state index in [4.69, 9.17) is 0 Å². The third-order valence-corrected chi connectivity index (χ3v) is 5.69. The number of rotatable bonds is 7. The highest BCUT2D eigenvalue weighted by molar-refractivity contribution is 5.98. The van der Waals surface area contributed by atoms with Crippen molar-refractivity contribution in [1.82, 2.24) is 10.2 Å². The maximum Gasteiger partial charge on any atom is 0.234 e. The number of carbonyl (C=O) groups is 2. The highest BCUT2D eigenvalue weighted by Crippen LogP contribution is 2.24. The summed E-state index contributed by atoms with van der Waals surface area (Å²) in [6, 6.07) is 12.4. The normalized spacial score (nSPS) is 16.4. The summed E-state index contributed by atoms with van der Waals surface area (Å²) in [6.07, 6.45) is 1.41. The molecular weight excluding hydrogens is 383 g/mol. The van der Waals surface area contributed by atoms with E-state index >= 15 is 0 Å². The van der Waals surface area contributed by atoms with Crippen LogP contribution in [0.3, 0.4) is 0 Å². The van der Waals surface area contributed by atoms with E-state index in [1.54, 1.807) is 24.3 Å². The number of Topliss-reactive ketones (excluding diaryl/α,β-unsaturated/α-hetero) is 1. The Balaban J connectivity index is 1.51. The minimum absolute atomic E-state index is 0.0588. The molecule has 0 radical (unpaired) electrons. The fourth-order valence-electron chi connectivity index (χ4n) is 3.94. The fraction of sp³-hybridized carbons (Fsp3) is 0.417. The van der Waals surface area contributed by atoms with Crippen LogP contribution < -0.4 is 5.32 Å². The van der Waals surface area contributed by atoms with Crippen LogP contribution in [0.15, 0.2) is 48.5 Å². The van der Waals surface area contributed by atoms with Gasteiger partial charge in [0.25, 0.3) is 0 Å². The molecule has 0 bridgehead atoms. The second-order valence-electron chi connectivity index (χ2n) is 8.30. The Morgan fingerprint density at radius 1 is 1.07 bits per heavy atom. The van der Waals surface area contributed by atoms with Crippen molar-refractivity contribution in [2.75, 3.05) is 19.6 Å². The van der Waals surface area contributed by atoms with E-state index in [1.807, 2.05) is 13.8 Å². The number of hydrogen-bond acceptors (Lipinski definition) is 4. The highest BCUT2D eigenvalue weighted by atomic mass is 19.1. The van der Waals surface area contributed by atoms with Crippen LogP contribution in [-0.4, -0.2) is 41.3 Å². The van der Waals surface area contributed by atoms with Gasteiger partial charge in [-0.2, -0.15) is 0 Å². The number of hydrogen-bond donors (Lipinski definition) is 2. The Kier molecular flexibility index (Phi) is 7.21. The van der Waals surface area contributed by atoms with Crippen molar-refractivity contribution in [2.45, 2.75) is 32.7 Å². The largest absolute Gasteiger partial charge is 0.508 e. The molecule has 1 heterocycles. The van der Waals surface area contributed by atoms with Crippen LogP contribution >= 0.6 is 0 Å². The number of phenols is 1. The summed E-state index contributed by atoms with van der Waals surface area (Å²) in [4.78, 5) is 27.3. The van der Waals surface area contributed by atoms with E-state index in [9.17, 15) is 19.1 Å². The second kappa shape index (κ2) is 9.85. The van der Waals surface area contributed by atoms with Gasteiger partial charge in [-0.25, -0.2) is 4.39 Å². The molecule has 2 aromatic carbocycles. The highest BCUT2D eigenvalue weighted by Gasteiger charge is 2.27. The topological polar surface area (TPSA) is 69.6 Å². The SMILES string of the molecule is CC(C)C(NC(=O)CN1CCC(C(=O)c2ccc(O)cc2)CC1)c1ccc(F)cc1. The Hall–Kier alpha value is -2.73. The number of aromatic hydroxyl groups is 1. The number of amides is 1. The van der Waals surface area contributed by atoms with Crippen LogP contribution in [0.1, 0.15) is 48.7 Å². The molecule has 30 heavy (non-hydrogen) atoms. The van der Waals surface area contributed by atoms with Gasteiger partial charge in [0.05, 0.1) is 12.6 Å². The van der Waals surface area contributed by atoms with Crippen LogP contribution in [0.2, 0.25) is 0 Å². The zero-order valence-electron chi connectivity index (χ0n) is 17.5. The molecule has 1 aliphatic heterocycles. The number of ketones is 1. The second-order valence-corrected chi connectivity index (χ2v) is 8.30. The number of carbonyl (C=O) groups excluding carboxylic acids is 2. The molecule has 1 unspecified atom stereocenters. The van der Waals surface area contributed by atoms with Crippen molar-refractivity contribution in [3.05, 3.63) is 65.5 Å². The Labute approximate surface area is 176 Å². The lowest BCUT2D eigenvalue weighted by atomic mass is 9.89. The molecule has 5 nitrogen and oxygen atoms in total. The van der Waals surface area contributed by atoms with Gasteiger partial charge < -0.3 is 10.4 Å². The van der Waals surface area contributed by atoms with E-state index in [-0.39, 0.29) is 47.7 Å². The van der Waals surface area contributed by atoms with Gasteiger partial charge >= 0.3 is 0 Å². The first-order valence-corrected chi connectivity index (χ1v) is 10.4. The molecule has 3 rings (SSSR count). The van der Waals surface area contributed by atoms with Crippen molar-refractivity contribution in [3.63, 3.8) is 0 Å². The number of phenolic OH excluding ortho intramolecular Hbond substituents is 1. The number of halogens is 1. The summed E-state index contributed by atoms with van der Waals surface area (Å²) in [5.74, 6) is -0.00814. The molecule has 1 fully saturated rings. The first-order chi connectivity index (χ1) is 14.3. The average molecular weight is 413 g/mol. The van der Waals surface area contributed by atoms with E-state index in [0.717, 1.165) is 5.56 Å². The molecule has 1 amide bonds. The lowest BCUT2D eigenvalue weighted by Crippen LogP contribution is -2.44. The zero-order chi connectivity index (χ0) is 21.7. The third kappa shape index (κ3) is 5.66. The summed E-state index contributed by atoms with van der Waals surface area (Å²) >= 11 is 0. The minimum Gasteiger partial charge on any atom is -0.508 e. The van der Waals surface area contributed by atoms with Crippen molar-refractivity contribution in [1.29, 1.82) is 0 Å². The van der Waals surface area contributed by atoms with Gasteiger partial charge in [0.1, 0.15) is 11.6 Å². The first kappa shape index (κ1) is 22.0. The van der Waals surface area contributed by atoms with Gasteiger partial charge in [-0.1, -0.05) is 26.0 Å². The van der Waals surface area contributed by atoms with Crippen LogP contribution in [-0.2, 0) is 4.79 Å². The van der Waals surface area contributed by atoms with Gasteiger partial charge in [-0.3, -0.25) is 14.5 Å². The van der Waals surface area contributed by atoms with Crippen LogP contribution in [0, 0.1) is 17.7 Å². The molecule has 1 aliphatic rings. The maximum atomic E-state index is 13.2. The molecule has 6 heteroatoms. The number of nitrogens with zero attached hydrogens (tertiary/aromatic N) is 1. The van der Waals surface area contributed by atoms with E-state index in [0.29, 0.717) is 31.5 Å². The first-order valence-electron chi connectivity index (χ1n) is 10.4. The molecule has 2 aromatic rings. The molecule has 0 aromatic heterocycles.